The van der Waals surface area contributed by atoms with Gasteiger partial charge in [-0.3, -0.25) is 4.79 Å². The van der Waals surface area contributed by atoms with Crippen LogP contribution in [0.15, 0.2) is 18.2 Å². The molecule has 2 heterocycles. The molecule has 24 heavy (non-hydrogen) atoms. The molecule has 0 bridgehead atoms. The summed E-state index contributed by atoms with van der Waals surface area (Å²) in [4.78, 5) is 14.9. The number of carbonyl (C=O) groups is 1. The Morgan fingerprint density at radius 1 is 1.21 bits per heavy atom. The number of hydrogen-bond donors (Lipinski definition) is 1. The molecule has 1 saturated heterocycles. The Morgan fingerprint density at radius 2 is 2.04 bits per heavy atom. The molecule has 1 aromatic carbocycles. The van der Waals surface area contributed by atoms with E-state index in [1.165, 1.54) is 37.7 Å². The lowest BCUT2D eigenvalue weighted by Crippen LogP contribution is -2.29. The molecule has 0 spiro atoms. The number of hydrogen-bond acceptors (Lipinski definition) is 3. The normalized spacial score (nSPS) is 28.0. The van der Waals surface area contributed by atoms with Crippen molar-refractivity contribution >= 4 is 5.91 Å². The molecule has 0 aromatic heterocycles. The molecular formula is C20H28N2O2. The SMILES string of the molecule is CN1CC2c3ccc(OCC4CCCCC4)cc3C(=O)NC[C@H]2C1. The quantitative estimate of drug-likeness (QED) is 0.927. The molecule has 2 aliphatic heterocycles. The van der Waals surface area contributed by atoms with Crippen LogP contribution in [0.1, 0.15) is 53.9 Å². The standard InChI is InChI=1S/C20H28N2O2/c1-22-11-15-10-21-20(23)18-9-16(7-8-17(18)19(15)12-22)24-13-14-5-3-2-4-6-14/h7-9,14-15,19H,2-6,10-13H2,1H3,(H,21,23)/t15-,19?/m0/s1. The highest BCUT2D eigenvalue weighted by molar-refractivity contribution is 5.96. The van der Waals surface area contributed by atoms with Gasteiger partial charge in [-0.25, -0.2) is 0 Å². The van der Waals surface area contributed by atoms with Crippen LogP contribution >= 0.6 is 0 Å². The van der Waals surface area contributed by atoms with E-state index in [0.29, 0.717) is 17.8 Å². The lowest BCUT2D eigenvalue weighted by atomic mass is 9.87. The molecule has 1 aromatic rings. The number of ether oxygens (including phenoxy) is 1. The van der Waals surface area contributed by atoms with Gasteiger partial charge < -0.3 is 15.0 Å². The Bertz CT molecular complexity index is 610. The highest BCUT2D eigenvalue weighted by Gasteiger charge is 2.36. The molecule has 130 valence electrons. The van der Waals surface area contributed by atoms with Crippen LogP contribution < -0.4 is 10.1 Å². The van der Waals surface area contributed by atoms with Gasteiger partial charge in [0.2, 0.25) is 0 Å². The minimum atomic E-state index is 0.0603. The number of carbonyl (C=O) groups excluding carboxylic acids is 1. The van der Waals surface area contributed by atoms with Crippen LogP contribution in [0.5, 0.6) is 5.75 Å². The molecule has 2 fully saturated rings. The minimum absolute atomic E-state index is 0.0603. The van der Waals surface area contributed by atoms with E-state index in [2.05, 4.69) is 29.4 Å². The largest absolute Gasteiger partial charge is 0.493 e. The van der Waals surface area contributed by atoms with E-state index in [-0.39, 0.29) is 5.91 Å². The molecule has 2 atom stereocenters. The monoisotopic (exact) mass is 328 g/mol. The van der Waals surface area contributed by atoms with E-state index >= 15 is 0 Å². The summed E-state index contributed by atoms with van der Waals surface area (Å²) in [6.07, 6.45) is 6.59. The molecule has 3 aliphatic rings. The van der Waals surface area contributed by atoms with Crippen molar-refractivity contribution in [3.05, 3.63) is 29.3 Å². The summed E-state index contributed by atoms with van der Waals surface area (Å²) in [5.41, 5.74) is 2.02. The zero-order valence-corrected chi connectivity index (χ0v) is 14.6. The Morgan fingerprint density at radius 3 is 2.88 bits per heavy atom. The first-order valence-corrected chi connectivity index (χ1v) is 9.44. The summed E-state index contributed by atoms with van der Waals surface area (Å²) >= 11 is 0. The van der Waals surface area contributed by atoms with Gasteiger partial charge in [0.25, 0.3) is 5.91 Å². The Kier molecular flexibility index (Phi) is 4.49. The maximum Gasteiger partial charge on any atom is 0.251 e. The molecule has 1 N–H and O–H groups in total. The van der Waals surface area contributed by atoms with E-state index in [1.54, 1.807) is 0 Å². The Hall–Kier alpha value is -1.55. The Labute approximate surface area is 144 Å². The predicted octanol–water partition coefficient (Wildman–Crippen LogP) is 3.03. The molecule has 4 heteroatoms. The van der Waals surface area contributed by atoms with E-state index in [0.717, 1.165) is 37.6 Å². The number of benzene rings is 1. The molecular weight excluding hydrogens is 300 g/mol. The number of likely N-dealkylation sites (N-methyl/N-ethyl adjacent to an activating group) is 1. The van der Waals surface area contributed by atoms with Crippen molar-refractivity contribution in [2.24, 2.45) is 11.8 Å². The van der Waals surface area contributed by atoms with Crippen LogP contribution in [0.2, 0.25) is 0 Å². The van der Waals surface area contributed by atoms with Gasteiger partial charge in [0.1, 0.15) is 5.75 Å². The van der Waals surface area contributed by atoms with Crippen molar-refractivity contribution in [3.8, 4) is 5.75 Å². The second-order valence-corrected chi connectivity index (χ2v) is 7.86. The predicted molar refractivity (Wildman–Crippen MR) is 94.6 cm³/mol. The first kappa shape index (κ1) is 15.9. The summed E-state index contributed by atoms with van der Waals surface area (Å²) in [7, 11) is 2.16. The van der Waals surface area contributed by atoms with Crippen molar-refractivity contribution in [2.75, 3.05) is 33.3 Å². The molecule has 1 amide bonds. The van der Waals surface area contributed by atoms with Crippen molar-refractivity contribution < 1.29 is 9.53 Å². The van der Waals surface area contributed by atoms with Crippen LogP contribution in [0.4, 0.5) is 0 Å². The third kappa shape index (κ3) is 3.16. The van der Waals surface area contributed by atoms with Gasteiger partial charge in [0.05, 0.1) is 6.61 Å². The number of fused-ring (bicyclic) bond motifs is 3. The highest BCUT2D eigenvalue weighted by atomic mass is 16.5. The highest BCUT2D eigenvalue weighted by Crippen LogP contribution is 2.37. The van der Waals surface area contributed by atoms with Crippen LogP contribution in [0.3, 0.4) is 0 Å². The number of rotatable bonds is 3. The summed E-state index contributed by atoms with van der Waals surface area (Å²) < 4.78 is 6.04. The zero-order chi connectivity index (χ0) is 16.5. The summed E-state index contributed by atoms with van der Waals surface area (Å²) in [5, 5.41) is 3.10. The van der Waals surface area contributed by atoms with Gasteiger partial charge in [-0.05, 0) is 49.4 Å². The Balaban J connectivity index is 1.51. The molecule has 0 radical (unpaired) electrons. The number of nitrogens with one attached hydrogen (secondary N) is 1. The number of nitrogens with zero attached hydrogens (tertiary/aromatic N) is 1. The van der Waals surface area contributed by atoms with Crippen molar-refractivity contribution in [3.63, 3.8) is 0 Å². The first-order valence-electron chi connectivity index (χ1n) is 9.44. The van der Waals surface area contributed by atoms with E-state index in [4.69, 9.17) is 4.74 Å². The minimum Gasteiger partial charge on any atom is -0.493 e. The summed E-state index contributed by atoms with van der Waals surface area (Å²) in [6, 6.07) is 6.16. The molecule has 4 nitrogen and oxygen atoms in total. The topological polar surface area (TPSA) is 41.6 Å². The fourth-order valence-corrected chi connectivity index (χ4v) is 4.68. The molecule has 1 aliphatic carbocycles. The van der Waals surface area contributed by atoms with Gasteiger partial charge in [-0.1, -0.05) is 25.3 Å². The maximum absolute atomic E-state index is 12.5. The second-order valence-electron chi connectivity index (χ2n) is 7.86. The summed E-state index contributed by atoms with van der Waals surface area (Å²) in [6.45, 7) is 3.66. The zero-order valence-electron chi connectivity index (χ0n) is 14.6. The lowest BCUT2D eigenvalue weighted by Gasteiger charge is -2.22. The van der Waals surface area contributed by atoms with E-state index in [9.17, 15) is 4.79 Å². The third-order valence-corrected chi connectivity index (χ3v) is 6.03. The van der Waals surface area contributed by atoms with Crippen LogP contribution in [-0.2, 0) is 0 Å². The van der Waals surface area contributed by atoms with Gasteiger partial charge in [-0.2, -0.15) is 0 Å². The lowest BCUT2D eigenvalue weighted by molar-refractivity contribution is 0.0951. The number of likely N-dealkylation sites (tertiary alicyclic amines) is 1. The molecule has 4 rings (SSSR count). The third-order valence-electron chi connectivity index (χ3n) is 6.03. The van der Waals surface area contributed by atoms with Gasteiger partial charge in [-0.15, -0.1) is 0 Å². The van der Waals surface area contributed by atoms with Gasteiger partial charge >= 0.3 is 0 Å². The van der Waals surface area contributed by atoms with Crippen molar-refractivity contribution in [1.82, 2.24) is 10.2 Å². The van der Waals surface area contributed by atoms with Gasteiger partial charge in [0.15, 0.2) is 0 Å². The fraction of sp³-hybridized carbons (Fsp3) is 0.650. The average molecular weight is 328 g/mol. The molecule has 1 unspecified atom stereocenters. The van der Waals surface area contributed by atoms with Crippen LogP contribution in [0, 0.1) is 11.8 Å². The van der Waals surface area contributed by atoms with Crippen molar-refractivity contribution in [1.29, 1.82) is 0 Å². The second kappa shape index (κ2) is 6.75. The molecule has 1 saturated carbocycles. The smallest absolute Gasteiger partial charge is 0.251 e. The first-order chi connectivity index (χ1) is 11.7. The number of amides is 1. The van der Waals surface area contributed by atoms with Crippen molar-refractivity contribution in [2.45, 2.75) is 38.0 Å². The van der Waals surface area contributed by atoms with Gasteiger partial charge in [0, 0.05) is 31.1 Å². The maximum atomic E-state index is 12.5. The van der Waals surface area contributed by atoms with Crippen LogP contribution in [-0.4, -0.2) is 44.1 Å². The van der Waals surface area contributed by atoms with Crippen LogP contribution in [0.25, 0.3) is 0 Å². The fourth-order valence-electron chi connectivity index (χ4n) is 4.68. The van der Waals surface area contributed by atoms with E-state index < -0.39 is 0 Å². The summed E-state index contributed by atoms with van der Waals surface area (Å²) in [5.74, 6) is 2.56. The average Bonchev–Trinajstić information content (AvgIpc) is 2.93. The van der Waals surface area contributed by atoms with E-state index in [1.807, 2.05) is 6.07 Å².